The highest BCUT2D eigenvalue weighted by Crippen LogP contribution is 2.23. The van der Waals surface area contributed by atoms with E-state index in [1.54, 1.807) is 12.1 Å². The molecule has 1 N–H and O–H groups in total. The number of aromatic carboxylic acids is 1. The van der Waals surface area contributed by atoms with Gasteiger partial charge in [-0.15, -0.1) is 0 Å². The molecule has 0 saturated carbocycles. The number of benzene rings is 1. The van der Waals surface area contributed by atoms with Crippen molar-refractivity contribution < 1.29 is 9.90 Å². The molecule has 1 heterocycles. The molecule has 1 atom stereocenters. The maximum atomic E-state index is 10.9. The Morgan fingerprint density at radius 3 is 2.94 bits per heavy atom. The number of rotatable bonds is 2. The summed E-state index contributed by atoms with van der Waals surface area (Å²) in [6.07, 6.45) is 3.66. The number of carboxylic acid groups (broad SMARTS) is 1. The summed E-state index contributed by atoms with van der Waals surface area (Å²) < 4.78 is 0. The van der Waals surface area contributed by atoms with E-state index in [0.717, 1.165) is 24.7 Å². The van der Waals surface area contributed by atoms with Crippen LogP contribution in [0.15, 0.2) is 24.3 Å². The van der Waals surface area contributed by atoms with Crippen LogP contribution in [0.3, 0.4) is 0 Å². The van der Waals surface area contributed by atoms with Crippen molar-refractivity contribution >= 4 is 11.7 Å². The Balaban J connectivity index is 2.15. The Hall–Kier alpha value is -1.51. The zero-order valence-electron chi connectivity index (χ0n) is 10.2. The van der Waals surface area contributed by atoms with Gasteiger partial charge >= 0.3 is 5.97 Å². The summed E-state index contributed by atoms with van der Waals surface area (Å²) in [6, 6.07) is 7.25. The lowest BCUT2D eigenvalue weighted by Gasteiger charge is -2.23. The highest BCUT2D eigenvalue weighted by atomic mass is 16.4. The number of hydrogen-bond acceptors (Lipinski definition) is 2. The summed E-state index contributed by atoms with van der Waals surface area (Å²) >= 11 is 0. The zero-order valence-corrected chi connectivity index (χ0v) is 10.2. The van der Waals surface area contributed by atoms with Crippen molar-refractivity contribution in [1.82, 2.24) is 0 Å². The van der Waals surface area contributed by atoms with Gasteiger partial charge in [0.15, 0.2) is 0 Å². The third kappa shape index (κ3) is 2.99. The first-order valence-electron chi connectivity index (χ1n) is 6.25. The fourth-order valence-electron chi connectivity index (χ4n) is 2.36. The molecule has 3 nitrogen and oxygen atoms in total. The molecule has 0 spiro atoms. The van der Waals surface area contributed by atoms with Gasteiger partial charge in [-0.05, 0) is 43.4 Å². The van der Waals surface area contributed by atoms with Crippen LogP contribution >= 0.6 is 0 Å². The first kappa shape index (κ1) is 12.0. The van der Waals surface area contributed by atoms with Gasteiger partial charge in [-0.2, -0.15) is 0 Å². The summed E-state index contributed by atoms with van der Waals surface area (Å²) in [5.74, 6) is -0.0716. The fourth-order valence-corrected chi connectivity index (χ4v) is 2.36. The van der Waals surface area contributed by atoms with Crippen LogP contribution in [0.25, 0.3) is 0 Å². The van der Waals surface area contributed by atoms with E-state index in [2.05, 4.69) is 11.8 Å². The molecule has 0 aromatic heterocycles. The molecule has 1 aromatic rings. The normalized spacial score (nSPS) is 21.0. The minimum absolute atomic E-state index is 0.375. The maximum absolute atomic E-state index is 10.9. The molecule has 92 valence electrons. The third-order valence-electron chi connectivity index (χ3n) is 3.48. The Morgan fingerprint density at radius 2 is 2.18 bits per heavy atom. The van der Waals surface area contributed by atoms with Crippen LogP contribution in [0.1, 0.15) is 36.5 Å². The Labute approximate surface area is 102 Å². The second kappa shape index (κ2) is 5.21. The molecule has 1 aromatic carbocycles. The second-order valence-electron chi connectivity index (χ2n) is 4.88. The molecule has 1 saturated heterocycles. The lowest BCUT2D eigenvalue weighted by molar-refractivity contribution is 0.0697. The average molecular weight is 233 g/mol. The summed E-state index contributed by atoms with van der Waals surface area (Å²) in [5, 5.41) is 8.99. The van der Waals surface area contributed by atoms with Crippen molar-refractivity contribution in [2.75, 3.05) is 18.0 Å². The maximum Gasteiger partial charge on any atom is 0.335 e. The van der Waals surface area contributed by atoms with Crippen molar-refractivity contribution in [2.45, 2.75) is 26.2 Å². The molecule has 1 unspecified atom stereocenters. The molecule has 17 heavy (non-hydrogen) atoms. The molecular formula is C14H19NO2. The van der Waals surface area contributed by atoms with Crippen LogP contribution in [0.5, 0.6) is 0 Å². The van der Waals surface area contributed by atoms with Crippen molar-refractivity contribution in [3.63, 3.8) is 0 Å². The monoisotopic (exact) mass is 233 g/mol. The SMILES string of the molecule is CC1CCCN(c2cccc(C(=O)O)c2)CC1. The van der Waals surface area contributed by atoms with Gasteiger partial charge in [0.1, 0.15) is 0 Å². The van der Waals surface area contributed by atoms with Gasteiger partial charge in [-0.3, -0.25) is 0 Å². The highest BCUT2D eigenvalue weighted by molar-refractivity contribution is 5.88. The molecule has 0 bridgehead atoms. The van der Waals surface area contributed by atoms with Crippen LogP contribution < -0.4 is 4.90 Å². The number of hydrogen-bond donors (Lipinski definition) is 1. The molecule has 0 aliphatic carbocycles. The number of anilines is 1. The molecule has 3 heteroatoms. The van der Waals surface area contributed by atoms with Crippen LogP contribution in [0, 0.1) is 5.92 Å². The molecule has 2 rings (SSSR count). The lowest BCUT2D eigenvalue weighted by Crippen LogP contribution is -2.24. The van der Waals surface area contributed by atoms with E-state index in [1.165, 1.54) is 19.3 Å². The molecule has 0 amide bonds. The second-order valence-corrected chi connectivity index (χ2v) is 4.88. The van der Waals surface area contributed by atoms with E-state index in [-0.39, 0.29) is 0 Å². The molecule has 1 aliphatic rings. The average Bonchev–Trinajstić information content (AvgIpc) is 2.54. The van der Waals surface area contributed by atoms with Crippen LogP contribution in [0.4, 0.5) is 5.69 Å². The summed E-state index contributed by atoms with van der Waals surface area (Å²) in [4.78, 5) is 13.2. The van der Waals surface area contributed by atoms with Gasteiger partial charge in [0, 0.05) is 18.8 Å². The lowest BCUT2D eigenvalue weighted by atomic mass is 10.0. The first-order chi connectivity index (χ1) is 8.16. The van der Waals surface area contributed by atoms with Crippen molar-refractivity contribution in [3.05, 3.63) is 29.8 Å². The largest absolute Gasteiger partial charge is 0.478 e. The van der Waals surface area contributed by atoms with Gasteiger partial charge in [-0.1, -0.05) is 13.0 Å². The molecule has 1 fully saturated rings. The van der Waals surface area contributed by atoms with Gasteiger partial charge in [0.2, 0.25) is 0 Å². The smallest absolute Gasteiger partial charge is 0.335 e. The summed E-state index contributed by atoms with van der Waals surface area (Å²) in [5.41, 5.74) is 1.42. The number of nitrogens with zero attached hydrogens (tertiary/aromatic N) is 1. The number of carbonyl (C=O) groups is 1. The van der Waals surface area contributed by atoms with Gasteiger partial charge in [0.25, 0.3) is 0 Å². The highest BCUT2D eigenvalue weighted by Gasteiger charge is 2.15. The van der Waals surface area contributed by atoms with Gasteiger partial charge < -0.3 is 10.0 Å². The van der Waals surface area contributed by atoms with Crippen molar-refractivity contribution in [3.8, 4) is 0 Å². The Morgan fingerprint density at radius 1 is 1.35 bits per heavy atom. The summed E-state index contributed by atoms with van der Waals surface area (Å²) in [7, 11) is 0. The van der Waals surface area contributed by atoms with Gasteiger partial charge in [-0.25, -0.2) is 4.79 Å². The minimum Gasteiger partial charge on any atom is -0.478 e. The molecule has 1 aliphatic heterocycles. The first-order valence-corrected chi connectivity index (χ1v) is 6.25. The predicted octanol–water partition coefficient (Wildman–Crippen LogP) is 3.01. The van der Waals surface area contributed by atoms with Crippen molar-refractivity contribution in [1.29, 1.82) is 0 Å². The Bertz CT molecular complexity index is 403. The zero-order chi connectivity index (χ0) is 12.3. The number of carboxylic acids is 1. The Kier molecular flexibility index (Phi) is 3.67. The van der Waals surface area contributed by atoms with Gasteiger partial charge in [0.05, 0.1) is 5.56 Å². The molecule has 0 radical (unpaired) electrons. The van der Waals surface area contributed by atoms with Crippen molar-refractivity contribution in [2.24, 2.45) is 5.92 Å². The van der Waals surface area contributed by atoms with E-state index >= 15 is 0 Å². The summed E-state index contributed by atoms with van der Waals surface area (Å²) in [6.45, 7) is 4.36. The minimum atomic E-state index is -0.852. The van der Waals surface area contributed by atoms with E-state index < -0.39 is 5.97 Å². The van der Waals surface area contributed by atoms with Crippen LogP contribution in [0.2, 0.25) is 0 Å². The van der Waals surface area contributed by atoms with E-state index in [0.29, 0.717) is 5.56 Å². The van der Waals surface area contributed by atoms with E-state index in [9.17, 15) is 4.79 Å². The van der Waals surface area contributed by atoms with Crippen LogP contribution in [-0.4, -0.2) is 24.2 Å². The fraction of sp³-hybridized carbons (Fsp3) is 0.500. The van der Waals surface area contributed by atoms with E-state index in [4.69, 9.17) is 5.11 Å². The quantitative estimate of drug-likeness (QED) is 0.853. The topological polar surface area (TPSA) is 40.5 Å². The standard InChI is InChI=1S/C14H19NO2/c1-11-4-3-8-15(9-7-11)13-6-2-5-12(10-13)14(16)17/h2,5-6,10-11H,3-4,7-9H2,1H3,(H,16,17). The third-order valence-corrected chi connectivity index (χ3v) is 3.48. The van der Waals surface area contributed by atoms with E-state index in [1.807, 2.05) is 12.1 Å². The molecular weight excluding hydrogens is 214 g/mol. The van der Waals surface area contributed by atoms with Crippen LogP contribution in [-0.2, 0) is 0 Å². The predicted molar refractivity (Wildman–Crippen MR) is 68.6 cm³/mol.